The highest BCUT2D eigenvalue weighted by atomic mass is 32.2. The molecule has 3 aliphatic carbocycles. The van der Waals surface area contributed by atoms with Crippen molar-refractivity contribution in [2.24, 2.45) is 11.3 Å². The minimum atomic E-state index is -0.0901. The van der Waals surface area contributed by atoms with E-state index < -0.39 is 0 Å². The molecule has 0 amide bonds. The summed E-state index contributed by atoms with van der Waals surface area (Å²) in [6.07, 6.45) is 6.03. The summed E-state index contributed by atoms with van der Waals surface area (Å²) >= 11 is 4.17. The molecule has 4 heteroatoms. The second kappa shape index (κ2) is 6.85. The summed E-state index contributed by atoms with van der Waals surface area (Å²) in [6.45, 7) is 8.95. The molecule has 1 heterocycles. The lowest BCUT2D eigenvalue weighted by Crippen LogP contribution is -2.76. The van der Waals surface area contributed by atoms with Crippen LogP contribution in [0.1, 0.15) is 52.9 Å². The first-order valence-electron chi connectivity index (χ1n) is 8.95. The topological polar surface area (TPSA) is 18.5 Å². The molecule has 0 N–H and O–H groups in total. The molecule has 0 aromatic heterocycles. The highest BCUT2D eigenvalue weighted by Gasteiger charge is 2.72. The highest BCUT2D eigenvalue weighted by molar-refractivity contribution is 8.02. The van der Waals surface area contributed by atoms with Crippen LogP contribution in [-0.2, 0) is 9.47 Å². The largest absolute Gasteiger partial charge is 0.372 e. The average molecular weight is 345 g/mol. The quantitative estimate of drug-likeness (QED) is 0.638. The predicted molar refractivity (Wildman–Crippen MR) is 98.0 cm³/mol. The van der Waals surface area contributed by atoms with E-state index >= 15 is 0 Å². The SMILES string of the molecule is CC1(C)[C@@H]2CC[C@@]3(C)OCCCSCCSCCCO[C@@]13C2. The fourth-order valence-electron chi connectivity index (χ4n) is 4.85. The Balaban J connectivity index is 1.73. The van der Waals surface area contributed by atoms with Gasteiger partial charge in [0.25, 0.3) is 0 Å². The van der Waals surface area contributed by atoms with E-state index in [1.54, 1.807) is 0 Å². The van der Waals surface area contributed by atoms with Crippen LogP contribution >= 0.6 is 23.5 Å². The Morgan fingerprint density at radius 2 is 1.50 bits per heavy atom. The third-order valence-electron chi connectivity index (χ3n) is 6.43. The first-order valence-corrected chi connectivity index (χ1v) is 11.3. The van der Waals surface area contributed by atoms with Crippen LogP contribution in [0.4, 0.5) is 0 Å². The maximum absolute atomic E-state index is 6.62. The van der Waals surface area contributed by atoms with Gasteiger partial charge in [-0.15, -0.1) is 0 Å². The smallest absolute Gasteiger partial charge is 0.102 e. The van der Waals surface area contributed by atoms with Crippen LogP contribution in [0, 0.1) is 11.3 Å². The maximum atomic E-state index is 6.62. The minimum absolute atomic E-state index is 0.0508. The van der Waals surface area contributed by atoms with Gasteiger partial charge in [0.15, 0.2) is 0 Å². The van der Waals surface area contributed by atoms with Crippen molar-refractivity contribution in [2.75, 3.05) is 36.2 Å². The minimum Gasteiger partial charge on any atom is -0.372 e. The molecule has 0 unspecified atom stereocenters. The second-order valence-electron chi connectivity index (χ2n) is 7.85. The monoisotopic (exact) mass is 344 g/mol. The van der Waals surface area contributed by atoms with Crippen LogP contribution in [0.3, 0.4) is 0 Å². The van der Waals surface area contributed by atoms with Crippen molar-refractivity contribution in [1.29, 1.82) is 0 Å². The van der Waals surface area contributed by atoms with Gasteiger partial charge in [0.2, 0.25) is 0 Å². The van der Waals surface area contributed by atoms with Crippen molar-refractivity contribution in [3.63, 3.8) is 0 Å². The molecule has 0 radical (unpaired) electrons. The molecule has 1 aliphatic heterocycles. The zero-order valence-corrected chi connectivity index (χ0v) is 16.1. The Kier molecular flexibility index (Phi) is 5.44. The van der Waals surface area contributed by atoms with Crippen molar-refractivity contribution in [3.05, 3.63) is 0 Å². The third-order valence-corrected chi connectivity index (χ3v) is 8.83. The number of rotatable bonds is 0. The van der Waals surface area contributed by atoms with Crippen LogP contribution in [0.15, 0.2) is 0 Å². The van der Waals surface area contributed by atoms with Gasteiger partial charge in [0, 0.05) is 24.7 Å². The molecule has 2 nitrogen and oxygen atoms in total. The molecule has 2 bridgehead atoms. The van der Waals surface area contributed by atoms with Crippen molar-refractivity contribution in [2.45, 2.75) is 64.1 Å². The molecule has 128 valence electrons. The predicted octanol–water partition coefficient (Wildman–Crippen LogP) is 4.62. The van der Waals surface area contributed by atoms with Crippen LogP contribution in [-0.4, -0.2) is 47.4 Å². The van der Waals surface area contributed by atoms with Gasteiger partial charge in [-0.25, -0.2) is 0 Å². The molecule has 3 atom stereocenters. The van der Waals surface area contributed by atoms with E-state index in [0.717, 1.165) is 19.1 Å². The Labute approximate surface area is 144 Å². The fraction of sp³-hybridized carbons (Fsp3) is 1.00. The number of fused-ring (bicyclic) bond motifs is 1. The van der Waals surface area contributed by atoms with E-state index in [1.807, 2.05) is 0 Å². The molecule has 0 aromatic carbocycles. The normalized spacial score (nSPS) is 43.5. The average Bonchev–Trinajstić information content (AvgIpc) is 2.49. The molecule has 4 aliphatic rings. The number of ether oxygens (including phenoxy) is 2. The number of thioether (sulfide) groups is 2. The van der Waals surface area contributed by atoms with Gasteiger partial charge >= 0.3 is 0 Å². The lowest BCUT2D eigenvalue weighted by atomic mass is 9.41. The lowest BCUT2D eigenvalue weighted by molar-refractivity contribution is -0.343. The summed E-state index contributed by atoms with van der Waals surface area (Å²) in [5, 5.41) is 0. The standard InChI is InChI=1S/C18H32O2S2/c1-16(2)15-6-7-17(3)18(16,14-15)20-9-5-11-22-13-12-21-10-4-8-19-17/h15H,4-14H2,1-3H3/t15-,17-,18+/m1/s1. The summed E-state index contributed by atoms with van der Waals surface area (Å²) < 4.78 is 13.1. The Morgan fingerprint density at radius 1 is 0.864 bits per heavy atom. The van der Waals surface area contributed by atoms with E-state index in [1.165, 1.54) is 55.1 Å². The zero-order chi connectivity index (χ0) is 15.7. The van der Waals surface area contributed by atoms with Gasteiger partial charge < -0.3 is 9.47 Å². The van der Waals surface area contributed by atoms with Gasteiger partial charge in [-0.1, -0.05) is 13.8 Å². The van der Waals surface area contributed by atoms with Gasteiger partial charge in [-0.3, -0.25) is 0 Å². The summed E-state index contributed by atoms with van der Waals surface area (Å²) in [4.78, 5) is 0. The number of hydrogen-bond acceptors (Lipinski definition) is 4. The first kappa shape index (κ1) is 17.4. The second-order valence-corrected chi connectivity index (χ2v) is 10.3. The Morgan fingerprint density at radius 3 is 2.14 bits per heavy atom. The molecule has 4 rings (SSSR count). The van der Waals surface area contributed by atoms with E-state index in [4.69, 9.17) is 9.47 Å². The highest BCUT2D eigenvalue weighted by Crippen LogP contribution is 2.68. The molecule has 3 saturated carbocycles. The summed E-state index contributed by atoms with van der Waals surface area (Å²) in [7, 11) is 0. The molecule has 4 fully saturated rings. The van der Waals surface area contributed by atoms with Crippen molar-refractivity contribution >= 4 is 23.5 Å². The summed E-state index contributed by atoms with van der Waals surface area (Å²) in [6, 6.07) is 0. The molecule has 1 spiro atoms. The molecule has 1 saturated heterocycles. The third kappa shape index (κ3) is 2.87. The van der Waals surface area contributed by atoms with E-state index in [2.05, 4.69) is 44.3 Å². The summed E-state index contributed by atoms with van der Waals surface area (Å²) in [5.41, 5.74) is 0.122. The Bertz CT molecular complexity index is 387. The van der Waals surface area contributed by atoms with Crippen LogP contribution in [0.5, 0.6) is 0 Å². The van der Waals surface area contributed by atoms with Gasteiger partial charge in [-0.2, -0.15) is 23.5 Å². The van der Waals surface area contributed by atoms with E-state index in [0.29, 0.717) is 0 Å². The zero-order valence-electron chi connectivity index (χ0n) is 14.5. The van der Waals surface area contributed by atoms with Crippen LogP contribution < -0.4 is 0 Å². The first-order chi connectivity index (χ1) is 10.5. The molecule has 22 heavy (non-hydrogen) atoms. The molecular formula is C18H32O2S2. The summed E-state index contributed by atoms with van der Waals surface area (Å²) in [5.74, 6) is 5.85. The van der Waals surface area contributed by atoms with Gasteiger partial charge in [-0.05, 0) is 61.9 Å². The lowest BCUT2D eigenvalue weighted by Gasteiger charge is -2.71. The fourth-order valence-corrected chi connectivity index (χ4v) is 6.84. The van der Waals surface area contributed by atoms with Gasteiger partial charge in [0.1, 0.15) is 5.60 Å². The van der Waals surface area contributed by atoms with Crippen molar-refractivity contribution in [1.82, 2.24) is 0 Å². The van der Waals surface area contributed by atoms with Gasteiger partial charge in [0.05, 0.1) is 5.60 Å². The van der Waals surface area contributed by atoms with Crippen molar-refractivity contribution < 1.29 is 9.47 Å². The van der Waals surface area contributed by atoms with Crippen LogP contribution in [0.2, 0.25) is 0 Å². The van der Waals surface area contributed by atoms with E-state index in [-0.39, 0.29) is 16.6 Å². The number of hydrogen-bond donors (Lipinski definition) is 0. The molecular weight excluding hydrogens is 312 g/mol. The Hall–Kier alpha value is 0.620. The van der Waals surface area contributed by atoms with Crippen molar-refractivity contribution in [3.8, 4) is 0 Å². The van der Waals surface area contributed by atoms with E-state index in [9.17, 15) is 0 Å². The molecule has 0 aromatic rings. The van der Waals surface area contributed by atoms with Crippen LogP contribution in [0.25, 0.3) is 0 Å². The maximum Gasteiger partial charge on any atom is 0.102 e.